The van der Waals surface area contributed by atoms with E-state index in [1.54, 1.807) is 37.3 Å². The average molecular weight is 289 g/mol. The van der Waals surface area contributed by atoms with Gasteiger partial charge in [-0.2, -0.15) is 0 Å². The monoisotopic (exact) mass is 289 g/mol. The number of benzene rings is 1. The van der Waals surface area contributed by atoms with Crippen molar-refractivity contribution in [3.05, 3.63) is 42.5 Å². The van der Waals surface area contributed by atoms with Gasteiger partial charge in [-0.3, -0.25) is 4.79 Å². The molecule has 1 aliphatic rings. The number of rotatable bonds is 7. The summed E-state index contributed by atoms with van der Waals surface area (Å²) >= 11 is 0. The molecule has 2 N–H and O–H groups in total. The number of carbonyl (C=O) groups excluding carboxylic acids is 1. The molecule has 1 aromatic carbocycles. The summed E-state index contributed by atoms with van der Waals surface area (Å²) in [4.78, 5) is 23.6. The van der Waals surface area contributed by atoms with Gasteiger partial charge < -0.3 is 15.2 Å². The van der Waals surface area contributed by atoms with Gasteiger partial charge in [-0.15, -0.1) is 0 Å². The Morgan fingerprint density at radius 1 is 1.43 bits per heavy atom. The normalized spacial score (nSPS) is 16.6. The Morgan fingerprint density at radius 2 is 2.05 bits per heavy atom. The number of ether oxygens (including phenoxy) is 1. The number of amides is 1. The Bertz CT molecular complexity index is 548. The van der Waals surface area contributed by atoms with Crippen molar-refractivity contribution in [2.75, 3.05) is 6.61 Å². The fourth-order valence-electron chi connectivity index (χ4n) is 2.16. The molecule has 1 unspecified atom stereocenters. The lowest BCUT2D eigenvalue weighted by atomic mass is 9.95. The number of nitrogens with one attached hydrogen (secondary N) is 1. The third-order valence-electron chi connectivity index (χ3n) is 3.70. The van der Waals surface area contributed by atoms with E-state index < -0.39 is 11.5 Å². The Balaban J connectivity index is 2.05. The van der Waals surface area contributed by atoms with Crippen molar-refractivity contribution in [2.45, 2.75) is 25.3 Å². The number of carbonyl (C=O) groups is 2. The van der Waals surface area contributed by atoms with Crippen molar-refractivity contribution in [3.63, 3.8) is 0 Å². The first kappa shape index (κ1) is 15.1. The highest BCUT2D eigenvalue weighted by Crippen LogP contribution is 2.39. The molecule has 112 valence electrons. The zero-order chi connectivity index (χ0) is 15.5. The zero-order valence-electron chi connectivity index (χ0n) is 12.0. The minimum absolute atomic E-state index is 0.00847. The lowest BCUT2D eigenvalue weighted by molar-refractivity contribution is -0.144. The SMILES string of the molecule is C=CCOc1ccc(C(=O)NC(C)(C(=O)O)C2CC2)cc1. The molecule has 1 atom stereocenters. The summed E-state index contributed by atoms with van der Waals surface area (Å²) < 4.78 is 5.33. The second-order valence-electron chi connectivity index (χ2n) is 5.36. The van der Waals surface area contributed by atoms with Crippen LogP contribution in [0.2, 0.25) is 0 Å². The molecule has 1 saturated carbocycles. The highest BCUT2D eigenvalue weighted by molar-refractivity contribution is 5.98. The second kappa shape index (κ2) is 5.99. The summed E-state index contributed by atoms with van der Waals surface area (Å²) in [6.45, 7) is 5.51. The maximum Gasteiger partial charge on any atom is 0.329 e. The van der Waals surface area contributed by atoms with Crippen molar-refractivity contribution in [1.82, 2.24) is 5.32 Å². The van der Waals surface area contributed by atoms with E-state index in [-0.39, 0.29) is 11.8 Å². The number of aliphatic carboxylic acids is 1. The average Bonchev–Trinajstić information content (AvgIpc) is 3.30. The van der Waals surface area contributed by atoms with Gasteiger partial charge in [0.15, 0.2) is 0 Å². The first-order valence-electron chi connectivity index (χ1n) is 6.87. The summed E-state index contributed by atoms with van der Waals surface area (Å²) in [5, 5.41) is 12.0. The van der Waals surface area contributed by atoms with Crippen LogP contribution in [0.15, 0.2) is 36.9 Å². The molecule has 5 nitrogen and oxygen atoms in total. The third-order valence-corrected chi connectivity index (χ3v) is 3.70. The molecule has 2 rings (SSSR count). The van der Waals surface area contributed by atoms with Crippen LogP contribution in [0.1, 0.15) is 30.1 Å². The molecular formula is C16H19NO4. The smallest absolute Gasteiger partial charge is 0.329 e. The molecular weight excluding hydrogens is 270 g/mol. The van der Waals surface area contributed by atoms with Crippen LogP contribution in [0.25, 0.3) is 0 Å². The minimum Gasteiger partial charge on any atom is -0.490 e. The summed E-state index contributed by atoms with van der Waals surface area (Å²) in [7, 11) is 0. The van der Waals surface area contributed by atoms with Crippen molar-refractivity contribution in [3.8, 4) is 5.75 Å². The zero-order valence-corrected chi connectivity index (χ0v) is 12.0. The van der Waals surface area contributed by atoms with Gasteiger partial charge in [-0.1, -0.05) is 12.7 Å². The van der Waals surface area contributed by atoms with Gasteiger partial charge in [0.2, 0.25) is 0 Å². The Kier molecular flexibility index (Phi) is 4.31. The van der Waals surface area contributed by atoms with Crippen molar-refractivity contribution >= 4 is 11.9 Å². The van der Waals surface area contributed by atoms with Gasteiger partial charge in [0, 0.05) is 5.56 Å². The third kappa shape index (κ3) is 3.42. The maximum atomic E-state index is 12.2. The van der Waals surface area contributed by atoms with E-state index in [4.69, 9.17) is 4.74 Å². The molecule has 0 heterocycles. The Morgan fingerprint density at radius 3 is 2.52 bits per heavy atom. The van der Waals surface area contributed by atoms with Crippen LogP contribution in [0, 0.1) is 5.92 Å². The van der Waals surface area contributed by atoms with Gasteiger partial charge >= 0.3 is 5.97 Å². The molecule has 0 aromatic heterocycles. The molecule has 0 radical (unpaired) electrons. The Hall–Kier alpha value is -2.30. The molecule has 1 aromatic rings. The van der Waals surface area contributed by atoms with E-state index in [1.807, 2.05) is 0 Å². The van der Waals surface area contributed by atoms with E-state index in [9.17, 15) is 14.7 Å². The summed E-state index contributed by atoms with van der Waals surface area (Å²) in [5.74, 6) is -0.741. The number of carboxylic acid groups (broad SMARTS) is 1. The van der Waals surface area contributed by atoms with Crippen LogP contribution in [-0.4, -0.2) is 29.1 Å². The lowest BCUT2D eigenvalue weighted by Gasteiger charge is -2.26. The van der Waals surface area contributed by atoms with Gasteiger partial charge in [0.05, 0.1) is 0 Å². The Labute approximate surface area is 123 Å². The van der Waals surface area contributed by atoms with E-state index in [0.29, 0.717) is 17.9 Å². The predicted octanol–water partition coefficient (Wildman–Crippen LogP) is 2.23. The number of hydrogen-bond donors (Lipinski definition) is 2. The molecule has 1 aliphatic carbocycles. The first-order chi connectivity index (χ1) is 9.97. The van der Waals surface area contributed by atoms with Crippen molar-refractivity contribution in [2.24, 2.45) is 5.92 Å². The van der Waals surface area contributed by atoms with Crippen LogP contribution in [-0.2, 0) is 4.79 Å². The largest absolute Gasteiger partial charge is 0.490 e. The predicted molar refractivity (Wildman–Crippen MR) is 78.4 cm³/mol. The van der Waals surface area contributed by atoms with Crippen LogP contribution in [0.5, 0.6) is 5.75 Å². The van der Waals surface area contributed by atoms with Crippen LogP contribution in [0.3, 0.4) is 0 Å². The molecule has 1 amide bonds. The van der Waals surface area contributed by atoms with Gasteiger partial charge in [-0.05, 0) is 49.9 Å². The molecule has 0 spiro atoms. The van der Waals surface area contributed by atoms with Crippen molar-refractivity contribution in [1.29, 1.82) is 0 Å². The van der Waals surface area contributed by atoms with E-state index in [1.165, 1.54) is 0 Å². The topological polar surface area (TPSA) is 75.6 Å². The van der Waals surface area contributed by atoms with Gasteiger partial charge in [0.1, 0.15) is 17.9 Å². The standard InChI is InChI=1S/C16H19NO4/c1-3-10-21-13-8-4-11(5-9-13)14(18)17-16(2,15(19)20)12-6-7-12/h3-5,8-9,12H,1,6-7,10H2,2H3,(H,17,18)(H,19,20). The van der Waals surface area contributed by atoms with Crippen molar-refractivity contribution < 1.29 is 19.4 Å². The molecule has 5 heteroatoms. The molecule has 0 bridgehead atoms. The summed E-state index contributed by atoms with van der Waals surface area (Å²) in [5.41, 5.74) is -0.788. The first-order valence-corrected chi connectivity index (χ1v) is 6.87. The summed E-state index contributed by atoms with van der Waals surface area (Å²) in [6, 6.07) is 6.58. The molecule has 0 aliphatic heterocycles. The van der Waals surface area contributed by atoms with Crippen LogP contribution >= 0.6 is 0 Å². The van der Waals surface area contributed by atoms with Crippen LogP contribution < -0.4 is 10.1 Å². The summed E-state index contributed by atoms with van der Waals surface area (Å²) in [6.07, 6.45) is 3.30. The molecule has 1 fully saturated rings. The maximum absolute atomic E-state index is 12.2. The van der Waals surface area contributed by atoms with Gasteiger partial charge in [-0.25, -0.2) is 4.79 Å². The number of hydrogen-bond acceptors (Lipinski definition) is 3. The second-order valence-corrected chi connectivity index (χ2v) is 5.36. The number of carboxylic acids is 1. The molecule has 21 heavy (non-hydrogen) atoms. The minimum atomic E-state index is -1.20. The van der Waals surface area contributed by atoms with Crippen LogP contribution in [0.4, 0.5) is 0 Å². The van der Waals surface area contributed by atoms with E-state index in [0.717, 1.165) is 12.8 Å². The lowest BCUT2D eigenvalue weighted by Crippen LogP contribution is -2.54. The van der Waals surface area contributed by atoms with Gasteiger partial charge in [0.25, 0.3) is 5.91 Å². The highest BCUT2D eigenvalue weighted by atomic mass is 16.5. The quantitative estimate of drug-likeness (QED) is 0.755. The highest BCUT2D eigenvalue weighted by Gasteiger charge is 2.48. The fraction of sp³-hybridized carbons (Fsp3) is 0.375. The van der Waals surface area contributed by atoms with E-state index >= 15 is 0 Å². The fourth-order valence-corrected chi connectivity index (χ4v) is 2.16. The van der Waals surface area contributed by atoms with E-state index in [2.05, 4.69) is 11.9 Å². The molecule has 0 saturated heterocycles.